The van der Waals surface area contributed by atoms with Crippen LogP contribution < -0.4 is 9.47 Å². The molecule has 0 radical (unpaired) electrons. The lowest BCUT2D eigenvalue weighted by Crippen LogP contribution is -2.57. The minimum Gasteiger partial charge on any atom is -0.497 e. The molecule has 0 saturated heterocycles. The third kappa shape index (κ3) is 4.16. The van der Waals surface area contributed by atoms with E-state index in [4.69, 9.17) is 9.47 Å². The molecule has 154 valence electrons. The highest BCUT2D eigenvalue weighted by Crippen LogP contribution is 2.41. The molecule has 1 aliphatic heterocycles. The first-order valence-corrected chi connectivity index (χ1v) is 8.36. The van der Waals surface area contributed by atoms with Gasteiger partial charge in [-0.1, -0.05) is 12.1 Å². The summed E-state index contributed by atoms with van der Waals surface area (Å²) in [4.78, 5) is 12.4. The Balaban J connectivity index is 1.81. The number of halogens is 4. The fraction of sp³-hybridized carbons (Fsp3) is 0.263. The number of alkyl halides is 3. The van der Waals surface area contributed by atoms with E-state index < -0.39 is 36.7 Å². The van der Waals surface area contributed by atoms with Crippen molar-refractivity contribution in [2.45, 2.75) is 18.3 Å². The van der Waals surface area contributed by atoms with E-state index in [1.807, 2.05) is 0 Å². The predicted octanol–water partition coefficient (Wildman–Crippen LogP) is 3.10. The van der Waals surface area contributed by atoms with Crippen LogP contribution in [0.4, 0.5) is 17.6 Å². The average molecular weight is 412 g/mol. The minimum atomic E-state index is -5.17. The summed E-state index contributed by atoms with van der Waals surface area (Å²) >= 11 is 0. The Morgan fingerprint density at radius 3 is 2.28 bits per heavy atom. The van der Waals surface area contributed by atoms with E-state index >= 15 is 0 Å². The second-order valence-electron chi connectivity index (χ2n) is 6.21. The number of hydrogen-bond acceptors (Lipinski definition) is 5. The van der Waals surface area contributed by atoms with Crippen LogP contribution in [0.25, 0.3) is 0 Å². The van der Waals surface area contributed by atoms with Gasteiger partial charge in [-0.05, 0) is 42.0 Å². The van der Waals surface area contributed by atoms with E-state index in [0.717, 1.165) is 12.1 Å². The number of benzene rings is 2. The molecule has 10 heteroatoms. The lowest BCUT2D eigenvalue weighted by atomic mass is 10.0. The zero-order valence-corrected chi connectivity index (χ0v) is 15.1. The second kappa shape index (κ2) is 7.70. The van der Waals surface area contributed by atoms with Crippen molar-refractivity contribution in [2.24, 2.45) is 5.10 Å². The number of nitrogens with zero attached hydrogens (tertiary/aromatic N) is 2. The molecule has 0 fully saturated rings. The highest BCUT2D eigenvalue weighted by atomic mass is 19.4. The molecule has 3 rings (SSSR count). The number of hydrazone groups is 1. The number of amides is 1. The van der Waals surface area contributed by atoms with Crippen LogP contribution in [-0.2, 0) is 4.79 Å². The van der Waals surface area contributed by atoms with Crippen LogP contribution >= 0.6 is 0 Å². The lowest BCUT2D eigenvalue weighted by Gasteiger charge is -2.32. The van der Waals surface area contributed by atoms with E-state index in [0.29, 0.717) is 5.75 Å². The van der Waals surface area contributed by atoms with Gasteiger partial charge in [0.1, 0.15) is 17.3 Å². The van der Waals surface area contributed by atoms with Gasteiger partial charge in [0.2, 0.25) is 0 Å². The largest absolute Gasteiger partial charge is 0.497 e. The highest BCUT2D eigenvalue weighted by molar-refractivity contribution is 6.03. The summed E-state index contributed by atoms with van der Waals surface area (Å²) in [6, 6.07) is 10.6. The van der Waals surface area contributed by atoms with Gasteiger partial charge in [-0.3, -0.25) is 4.79 Å². The number of methoxy groups -OCH3 is 1. The van der Waals surface area contributed by atoms with E-state index in [-0.39, 0.29) is 22.0 Å². The van der Waals surface area contributed by atoms with Crippen molar-refractivity contribution in [3.8, 4) is 11.5 Å². The summed E-state index contributed by atoms with van der Waals surface area (Å²) in [5.74, 6) is -1.03. The van der Waals surface area contributed by atoms with Crippen molar-refractivity contribution in [1.29, 1.82) is 0 Å². The highest BCUT2D eigenvalue weighted by Gasteiger charge is 2.63. The molecular weight excluding hydrogens is 396 g/mol. The summed E-state index contributed by atoms with van der Waals surface area (Å²) in [7, 11) is 1.46. The molecule has 0 aliphatic carbocycles. The molecule has 0 unspecified atom stereocenters. The molecule has 1 atom stereocenters. The number of rotatable bonds is 5. The second-order valence-corrected chi connectivity index (χ2v) is 6.21. The first kappa shape index (κ1) is 20.6. The van der Waals surface area contributed by atoms with E-state index in [9.17, 15) is 27.5 Å². The van der Waals surface area contributed by atoms with Crippen LogP contribution in [-0.4, -0.2) is 47.4 Å². The maximum absolute atomic E-state index is 13.5. The fourth-order valence-electron chi connectivity index (χ4n) is 2.71. The maximum Gasteiger partial charge on any atom is 0.438 e. The van der Waals surface area contributed by atoms with Gasteiger partial charge in [0, 0.05) is 0 Å². The number of aliphatic hydroxyl groups is 1. The lowest BCUT2D eigenvalue weighted by molar-refractivity contribution is -0.302. The number of carbonyl (C=O) groups excluding carboxylic acids is 1. The number of hydrogen-bond donors (Lipinski definition) is 1. The minimum absolute atomic E-state index is 0.0325. The third-order valence-corrected chi connectivity index (χ3v) is 4.27. The maximum atomic E-state index is 13.5. The zero-order valence-electron chi connectivity index (χ0n) is 15.1. The van der Waals surface area contributed by atoms with Crippen LogP contribution in [0.5, 0.6) is 11.5 Å². The van der Waals surface area contributed by atoms with Gasteiger partial charge in [-0.25, -0.2) is 4.39 Å². The number of carbonyl (C=O) groups is 1. The molecule has 1 amide bonds. The molecule has 1 heterocycles. The Kier molecular flexibility index (Phi) is 5.47. The molecule has 2 aromatic rings. The molecule has 0 aromatic heterocycles. The smallest absolute Gasteiger partial charge is 0.438 e. The summed E-state index contributed by atoms with van der Waals surface area (Å²) in [6.07, 6.45) is -6.16. The van der Waals surface area contributed by atoms with Crippen LogP contribution in [0.3, 0.4) is 0 Å². The van der Waals surface area contributed by atoms with Crippen molar-refractivity contribution >= 4 is 11.6 Å². The van der Waals surface area contributed by atoms with Crippen LogP contribution in [0.2, 0.25) is 0 Å². The standard InChI is InChI=1S/C19H16F4N2O4/c1-28-14-6-8-15(9-7-14)29-11-17(26)25-18(27,19(21,22)23)10-16(24-25)12-2-4-13(20)5-3-12/h2-9,27H,10-11H2,1H3/t18-/m1/s1. The molecule has 6 nitrogen and oxygen atoms in total. The molecule has 2 aromatic carbocycles. The van der Waals surface area contributed by atoms with Gasteiger partial charge >= 0.3 is 6.18 Å². The molecule has 1 aliphatic rings. The van der Waals surface area contributed by atoms with Gasteiger partial charge in [-0.2, -0.15) is 23.3 Å². The van der Waals surface area contributed by atoms with E-state index in [2.05, 4.69) is 5.10 Å². The predicted molar refractivity (Wildman–Crippen MR) is 93.9 cm³/mol. The monoisotopic (exact) mass is 412 g/mol. The average Bonchev–Trinajstić information content (AvgIpc) is 3.06. The molecule has 29 heavy (non-hydrogen) atoms. The zero-order chi connectivity index (χ0) is 21.2. The Hall–Kier alpha value is -3.14. The van der Waals surface area contributed by atoms with Crippen molar-refractivity contribution < 1.29 is 36.9 Å². The van der Waals surface area contributed by atoms with Crippen LogP contribution in [0, 0.1) is 5.82 Å². The van der Waals surface area contributed by atoms with Crippen LogP contribution in [0.1, 0.15) is 12.0 Å². The quantitative estimate of drug-likeness (QED) is 0.767. The molecule has 0 spiro atoms. The van der Waals surface area contributed by atoms with Gasteiger partial charge < -0.3 is 14.6 Å². The van der Waals surface area contributed by atoms with Crippen LogP contribution in [0.15, 0.2) is 53.6 Å². The normalized spacial score (nSPS) is 19.1. The van der Waals surface area contributed by atoms with E-state index in [1.54, 1.807) is 12.1 Å². The van der Waals surface area contributed by atoms with Crippen molar-refractivity contribution in [1.82, 2.24) is 5.01 Å². The summed E-state index contributed by atoms with van der Waals surface area (Å²) in [6.45, 7) is -0.787. The molecule has 1 N–H and O–H groups in total. The Labute approximate surface area is 163 Å². The summed E-state index contributed by atoms with van der Waals surface area (Å²) < 4.78 is 63.8. The molecular formula is C19H16F4N2O4. The first-order chi connectivity index (χ1) is 13.6. The third-order valence-electron chi connectivity index (χ3n) is 4.27. The van der Waals surface area contributed by atoms with Crippen molar-refractivity contribution in [2.75, 3.05) is 13.7 Å². The van der Waals surface area contributed by atoms with Crippen molar-refractivity contribution in [3.05, 3.63) is 59.9 Å². The SMILES string of the molecule is COc1ccc(OCC(=O)N2N=C(c3ccc(F)cc3)C[C@@]2(O)C(F)(F)F)cc1. The Morgan fingerprint density at radius 2 is 1.72 bits per heavy atom. The van der Waals surface area contributed by atoms with E-state index in [1.165, 1.54) is 31.4 Å². The Bertz CT molecular complexity index is 913. The van der Waals surface area contributed by atoms with Gasteiger partial charge in [0.25, 0.3) is 11.6 Å². The van der Waals surface area contributed by atoms with Gasteiger partial charge in [0.05, 0.1) is 19.2 Å². The fourth-order valence-corrected chi connectivity index (χ4v) is 2.71. The van der Waals surface area contributed by atoms with Gasteiger partial charge in [-0.15, -0.1) is 0 Å². The summed E-state index contributed by atoms with van der Waals surface area (Å²) in [5.41, 5.74) is -3.58. The Morgan fingerprint density at radius 1 is 1.14 bits per heavy atom. The van der Waals surface area contributed by atoms with Gasteiger partial charge in [0.15, 0.2) is 6.61 Å². The summed E-state index contributed by atoms with van der Waals surface area (Å²) in [5, 5.41) is 13.9. The molecule has 0 saturated carbocycles. The molecule has 0 bridgehead atoms. The topological polar surface area (TPSA) is 71.4 Å². The number of ether oxygens (including phenoxy) is 2. The first-order valence-electron chi connectivity index (χ1n) is 8.36. The van der Waals surface area contributed by atoms with Crippen molar-refractivity contribution in [3.63, 3.8) is 0 Å².